The van der Waals surface area contributed by atoms with E-state index in [0.29, 0.717) is 18.2 Å². The first-order valence-corrected chi connectivity index (χ1v) is 6.59. The van der Waals surface area contributed by atoms with Crippen LogP contribution < -0.4 is 5.32 Å². The molecule has 100 valence electrons. The largest absolute Gasteiger partial charge is 0.339 e. The highest BCUT2D eigenvalue weighted by atomic mass is 19.1. The number of nitrogens with one attached hydrogen (secondary N) is 1. The molecule has 1 N–H and O–H groups in total. The highest BCUT2D eigenvalue weighted by Gasteiger charge is 2.21. The van der Waals surface area contributed by atoms with Gasteiger partial charge >= 0.3 is 0 Å². The Hall–Kier alpha value is -1.75. The van der Waals surface area contributed by atoms with Crippen molar-refractivity contribution in [2.75, 3.05) is 13.1 Å². The summed E-state index contributed by atoms with van der Waals surface area (Å²) in [4.78, 5) is 4.45. The number of hydrogen-bond acceptors (Lipinski definition) is 4. The van der Waals surface area contributed by atoms with Crippen LogP contribution in [0.2, 0.25) is 0 Å². The highest BCUT2D eigenvalue weighted by Crippen LogP contribution is 2.23. The first-order valence-electron chi connectivity index (χ1n) is 6.59. The molecule has 1 aliphatic rings. The summed E-state index contributed by atoms with van der Waals surface area (Å²) in [6.07, 6.45) is 2.66. The van der Waals surface area contributed by atoms with Gasteiger partial charge in [0.05, 0.1) is 0 Å². The van der Waals surface area contributed by atoms with Gasteiger partial charge in [-0.15, -0.1) is 0 Å². The van der Waals surface area contributed by atoms with Gasteiger partial charge < -0.3 is 9.84 Å². The minimum absolute atomic E-state index is 0.229. The van der Waals surface area contributed by atoms with Crippen molar-refractivity contribution in [1.29, 1.82) is 0 Å². The molecule has 0 aliphatic carbocycles. The Bertz CT molecular complexity index is 532. The van der Waals surface area contributed by atoms with Gasteiger partial charge in [-0.05, 0) is 43.6 Å². The molecule has 5 heteroatoms. The van der Waals surface area contributed by atoms with E-state index >= 15 is 0 Å². The van der Waals surface area contributed by atoms with E-state index in [1.807, 2.05) is 0 Å². The van der Waals surface area contributed by atoms with Crippen LogP contribution in [0.15, 0.2) is 28.8 Å². The van der Waals surface area contributed by atoms with Gasteiger partial charge in [0.2, 0.25) is 5.89 Å². The summed E-state index contributed by atoms with van der Waals surface area (Å²) in [5, 5.41) is 7.32. The van der Waals surface area contributed by atoms with Crippen LogP contribution in [0.1, 0.15) is 36.0 Å². The molecule has 1 aromatic heterocycles. The van der Waals surface area contributed by atoms with E-state index < -0.39 is 0 Å². The van der Waals surface area contributed by atoms with E-state index in [1.54, 1.807) is 12.1 Å². The third kappa shape index (κ3) is 2.98. The molecule has 2 aromatic rings. The zero-order valence-corrected chi connectivity index (χ0v) is 10.6. The smallest absolute Gasteiger partial charge is 0.229 e. The normalized spacial score (nSPS) is 16.7. The van der Waals surface area contributed by atoms with Crippen LogP contribution in [0.5, 0.6) is 0 Å². The van der Waals surface area contributed by atoms with Crippen LogP contribution in [0.25, 0.3) is 0 Å². The van der Waals surface area contributed by atoms with Crippen molar-refractivity contribution in [3.8, 4) is 0 Å². The van der Waals surface area contributed by atoms with Gasteiger partial charge in [-0.3, -0.25) is 0 Å². The maximum Gasteiger partial charge on any atom is 0.229 e. The summed E-state index contributed by atoms with van der Waals surface area (Å²) in [6.45, 7) is 2.00. The fraction of sp³-hybridized carbons (Fsp3) is 0.429. The fourth-order valence-electron chi connectivity index (χ4n) is 2.36. The van der Waals surface area contributed by atoms with Crippen molar-refractivity contribution < 1.29 is 8.91 Å². The van der Waals surface area contributed by atoms with Crippen molar-refractivity contribution in [2.45, 2.75) is 25.2 Å². The molecule has 4 nitrogen and oxygen atoms in total. The van der Waals surface area contributed by atoms with Crippen molar-refractivity contribution in [3.05, 3.63) is 47.4 Å². The zero-order chi connectivity index (χ0) is 13.1. The molecule has 1 aromatic carbocycles. The summed E-state index contributed by atoms with van der Waals surface area (Å²) in [5.74, 6) is 1.54. The number of nitrogens with zero attached hydrogens (tertiary/aromatic N) is 2. The molecular formula is C14H16FN3O. The maximum atomic E-state index is 12.8. The van der Waals surface area contributed by atoms with Crippen LogP contribution in [0.4, 0.5) is 4.39 Å². The molecule has 0 amide bonds. The van der Waals surface area contributed by atoms with Gasteiger partial charge in [0.15, 0.2) is 5.82 Å². The molecule has 1 saturated heterocycles. The molecule has 0 unspecified atom stereocenters. The Labute approximate surface area is 111 Å². The summed E-state index contributed by atoms with van der Waals surface area (Å²) in [7, 11) is 0. The molecule has 0 spiro atoms. The first kappa shape index (κ1) is 12.3. The monoisotopic (exact) mass is 261 g/mol. The molecule has 0 saturated carbocycles. The minimum Gasteiger partial charge on any atom is -0.339 e. The number of rotatable bonds is 3. The summed E-state index contributed by atoms with van der Waals surface area (Å²) >= 11 is 0. The molecule has 0 radical (unpaired) electrons. The number of piperidine rings is 1. The average molecular weight is 261 g/mol. The van der Waals surface area contributed by atoms with E-state index in [9.17, 15) is 4.39 Å². The van der Waals surface area contributed by atoms with E-state index in [1.165, 1.54) is 12.1 Å². The van der Waals surface area contributed by atoms with Gasteiger partial charge in [-0.25, -0.2) is 4.39 Å². The zero-order valence-electron chi connectivity index (χ0n) is 10.6. The SMILES string of the molecule is Fc1ccc(Cc2noc(C3CCNCC3)n2)cc1. The Morgan fingerprint density at radius 3 is 2.68 bits per heavy atom. The Morgan fingerprint density at radius 1 is 1.21 bits per heavy atom. The topological polar surface area (TPSA) is 51.0 Å². The Morgan fingerprint density at radius 2 is 1.95 bits per heavy atom. The Balaban J connectivity index is 1.68. The number of halogens is 1. The van der Waals surface area contributed by atoms with Crippen LogP contribution in [-0.4, -0.2) is 23.2 Å². The standard InChI is InChI=1S/C14H16FN3O/c15-12-3-1-10(2-4-12)9-13-17-14(19-18-13)11-5-7-16-8-6-11/h1-4,11,16H,5-9H2. The summed E-state index contributed by atoms with van der Waals surface area (Å²) < 4.78 is 18.2. The van der Waals surface area contributed by atoms with E-state index in [2.05, 4.69) is 15.5 Å². The third-order valence-corrected chi connectivity index (χ3v) is 3.45. The van der Waals surface area contributed by atoms with Crippen LogP contribution in [0.3, 0.4) is 0 Å². The molecule has 0 bridgehead atoms. The average Bonchev–Trinajstić information content (AvgIpc) is 2.91. The molecule has 2 heterocycles. The van der Waals surface area contributed by atoms with Crippen molar-refractivity contribution >= 4 is 0 Å². The van der Waals surface area contributed by atoms with Gasteiger partial charge in [-0.1, -0.05) is 17.3 Å². The van der Waals surface area contributed by atoms with Gasteiger partial charge in [0.25, 0.3) is 0 Å². The van der Waals surface area contributed by atoms with E-state index in [4.69, 9.17) is 4.52 Å². The van der Waals surface area contributed by atoms with Gasteiger partial charge in [0.1, 0.15) is 5.82 Å². The maximum absolute atomic E-state index is 12.8. The quantitative estimate of drug-likeness (QED) is 0.920. The number of aromatic nitrogens is 2. The number of hydrogen-bond donors (Lipinski definition) is 1. The lowest BCUT2D eigenvalue weighted by Gasteiger charge is -2.18. The lowest BCUT2D eigenvalue weighted by atomic mass is 9.98. The second kappa shape index (κ2) is 5.48. The van der Waals surface area contributed by atoms with Crippen molar-refractivity contribution in [3.63, 3.8) is 0 Å². The third-order valence-electron chi connectivity index (χ3n) is 3.45. The van der Waals surface area contributed by atoms with Crippen molar-refractivity contribution in [1.82, 2.24) is 15.5 Å². The van der Waals surface area contributed by atoms with Crippen LogP contribution in [-0.2, 0) is 6.42 Å². The fourth-order valence-corrected chi connectivity index (χ4v) is 2.36. The first-order chi connectivity index (χ1) is 9.31. The molecule has 19 heavy (non-hydrogen) atoms. The molecule has 0 atom stereocenters. The molecule has 1 fully saturated rings. The van der Waals surface area contributed by atoms with Crippen LogP contribution >= 0.6 is 0 Å². The predicted octanol–water partition coefficient (Wildman–Crippen LogP) is 2.27. The van der Waals surface area contributed by atoms with Crippen LogP contribution in [0, 0.1) is 5.82 Å². The predicted molar refractivity (Wildman–Crippen MR) is 68.3 cm³/mol. The minimum atomic E-state index is -0.229. The molecular weight excluding hydrogens is 245 g/mol. The number of benzene rings is 1. The second-order valence-electron chi connectivity index (χ2n) is 4.88. The second-order valence-corrected chi connectivity index (χ2v) is 4.88. The Kier molecular flexibility index (Phi) is 3.55. The molecule has 1 aliphatic heterocycles. The van der Waals surface area contributed by atoms with Crippen molar-refractivity contribution in [2.24, 2.45) is 0 Å². The van der Waals surface area contributed by atoms with E-state index in [-0.39, 0.29) is 5.82 Å². The lowest BCUT2D eigenvalue weighted by Crippen LogP contribution is -2.26. The lowest BCUT2D eigenvalue weighted by molar-refractivity contribution is 0.318. The highest BCUT2D eigenvalue weighted by molar-refractivity contribution is 5.19. The summed E-state index contributed by atoms with van der Waals surface area (Å²) in [6, 6.07) is 6.39. The van der Waals surface area contributed by atoms with Gasteiger partial charge in [-0.2, -0.15) is 4.98 Å². The van der Waals surface area contributed by atoms with Gasteiger partial charge in [0, 0.05) is 12.3 Å². The van der Waals surface area contributed by atoms with E-state index in [0.717, 1.165) is 37.4 Å². The molecule has 3 rings (SSSR count). The summed E-state index contributed by atoms with van der Waals surface area (Å²) in [5.41, 5.74) is 0.985.